The van der Waals surface area contributed by atoms with E-state index in [1.165, 1.54) is 43.2 Å². The molecule has 2 fully saturated rings. The molecule has 2 nitrogen and oxygen atoms in total. The molecule has 2 atom stereocenters. The van der Waals surface area contributed by atoms with Crippen LogP contribution < -0.4 is 5.32 Å². The van der Waals surface area contributed by atoms with Crippen LogP contribution in [-0.2, 0) is 4.74 Å². The Balaban J connectivity index is 1.80. The van der Waals surface area contributed by atoms with E-state index >= 15 is 0 Å². The second kappa shape index (κ2) is 5.26. The third-order valence-corrected chi connectivity index (χ3v) is 4.75. The van der Waals surface area contributed by atoms with Gasteiger partial charge in [0.1, 0.15) is 0 Å². The Bertz CT molecular complexity index is 419. The van der Waals surface area contributed by atoms with Gasteiger partial charge in [-0.25, -0.2) is 0 Å². The highest BCUT2D eigenvalue weighted by Crippen LogP contribution is 2.39. The van der Waals surface area contributed by atoms with Crippen molar-refractivity contribution in [1.29, 1.82) is 0 Å². The molecule has 2 aliphatic rings. The van der Waals surface area contributed by atoms with Crippen molar-refractivity contribution in [3.8, 4) is 0 Å². The summed E-state index contributed by atoms with van der Waals surface area (Å²) in [5.74, 6) is 0. The Morgan fingerprint density at radius 1 is 1.11 bits per heavy atom. The third-order valence-electron chi connectivity index (χ3n) is 4.75. The summed E-state index contributed by atoms with van der Waals surface area (Å²) in [6.45, 7) is 5.40. The highest BCUT2D eigenvalue weighted by Gasteiger charge is 2.41. The molecule has 0 radical (unpaired) electrons. The summed E-state index contributed by atoms with van der Waals surface area (Å²) in [5, 5.41) is 3.68. The van der Waals surface area contributed by atoms with Crippen LogP contribution in [0.1, 0.15) is 56.3 Å². The molecular formula is C17H25NO. The molecule has 0 aromatic heterocycles. The lowest BCUT2D eigenvalue weighted by molar-refractivity contribution is -0.151. The van der Waals surface area contributed by atoms with E-state index in [-0.39, 0.29) is 11.7 Å². The Hall–Kier alpha value is -0.860. The normalized spacial score (nSPS) is 30.4. The standard InChI is InChI=1S/C17H25NO/c1-13-6-8-15(9-7-13)16-14(2)18-12-17(19-16)10-4-3-5-11-17/h6-9,14,16,18H,3-5,10-12H2,1-2H3. The van der Waals surface area contributed by atoms with Crippen LogP contribution in [0.3, 0.4) is 0 Å². The SMILES string of the molecule is Cc1ccc(C2OC3(CCCCC3)CNC2C)cc1. The fourth-order valence-electron chi connectivity index (χ4n) is 3.47. The van der Waals surface area contributed by atoms with E-state index in [0.717, 1.165) is 6.54 Å². The van der Waals surface area contributed by atoms with Crippen molar-refractivity contribution in [3.63, 3.8) is 0 Å². The van der Waals surface area contributed by atoms with Crippen LogP contribution in [0.25, 0.3) is 0 Å². The minimum Gasteiger partial charge on any atom is -0.364 e. The Labute approximate surface area is 116 Å². The van der Waals surface area contributed by atoms with E-state index in [1.54, 1.807) is 0 Å². The molecule has 1 saturated carbocycles. The molecule has 0 bridgehead atoms. The number of morpholine rings is 1. The van der Waals surface area contributed by atoms with E-state index in [9.17, 15) is 0 Å². The lowest BCUT2D eigenvalue weighted by Crippen LogP contribution is -2.55. The number of benzene rings is 1. The van der Waals surface area contributed by atoms with Gasteiger partial charge in [-0.2, -0.15) is 0 Å². The largest absolute Gasteiger partial charge is 0.364 e. The Morgan fingerprint density at radius 3 is 2.47 bits per heavy atom. The Kier molecular flexibility index (Phi) is 3.64. The molecule has 1 N–H and O–H groups in total. The molecule has 19 heavy (non-hydrogen) atoms. The molecule has 1 aromatic rings. The van der Waals surface area contributed by atoms with Gasteiger partial charge in [0.15, 0.2) is 0 Å². The van der Waals surface area contributed by atoms with E-state index in [0.29, 0.717) is 6.04 Å². The smallest absolute Gasteiger partial charge is 0.0983 e. The number of hydrogen-bond donors (Lipinski definition) is 1. The van der Waals surface area contributed by atoms with Crippen molar-refractivity contribution >= 4 is 0 Å². The van der Waals surface area contributed by atoms with Gasteiger partial charge in [0, 0.05) is 12.6 Å². The predicted octanol–water partition coefficient (Wildman–Crippen LogP) is 3.75. The lowest BCUT2D eigenvalue weighted by Gasteiger charge is -2.47. The molecule has 3 rings (SSSR count). The first-order valence-corrected chi connectivity index (χ1v) is 7.66. The molecule has 1 saturated heterocycles. The average Bonchev–Trinajstić information content (AvgIpc) is 2.44. The van der Waals surface area contributed by atoms with E-state index < -0.39 is 0 Å². The van der Waals surface area contributed by atoms with Crippen LogP contribution in [0.4, 0.5) is 0 Å². The van der Waals surface area contributed by atoms with Gasteiger partial charge in [0.2, 0.25) is 0 Å². The maximum atomic E-state index is 6.59. The Morgan fingerprint density at radius 2 is 1.79 bits per heavy atom. The topological polar surface area (TPSA) is 21.3 Å². The number of aryl methyl sites for hydroxylation is 1. The average molecular weight is 259 g/mol. The van der Waals surface area contributed by atoms with Crippen molar-refractivity contribution in [2.75, 3.05) is 6.54 Å². The van der Waals surface area contributed by atoms with Gasteiger partial charge in [-0.15, -0.1) is 0 Å². The summed E-state index contributed by atoms with van der Waals surface area (Å²) in [6, 6.07) is 9.22. The van der Waals surface area contributed by atoms with Crippen LogP contribution >= 0.6 is 0 Å². The second-order valence-electron chi connectivity index (χ2n) is 6.36. The second-order valence-corrected chi connectivity index (χ2v) is 6.36. The quantitative estimate of drug-likeness (QED) is 0.829. The number of rotatable bonds is 1. The van der Waals surface area contributed by atoms with Gasteiger partial charge < -0.3 is 10.1 Å². The first-order chi connectivity index (χ1) is 9.19. The van der Waals surface area contributed by atoms with Crippen molar-refractivity contribution in [2.45, 2.75) is 63.7 Å². The zero-order valence-electron chi connectivity index (χ0n) is 12.1. The van der Waals surface area contributed by atoms with Crippen LogP contribution in [0.15, 0.2) is 24.3 Å². The molecule has 2 heteroatoms. The molecule has 1 aliphatic heterocycles. The third kappa shape index (κ3) is 2.70. The number of nitrogens with one attached hydrogen (secondary N) is 1. The van der Waals surface area contributed by atoms with E-state index in [1.807, 2.05) is 0 Å². The maximum Gasteiger partial charge on any atom is 0.0983 e. The minimum atomic E-state index is 0.0975. The fourth-order valence-corrected chi connectivity index (χ4v) is 3.47. The highest BCUT2D eigenvalue weighted by atomic mass is 16.5. The van der Waals surface area contributed by atoms with Crippen LogP contribution in [0, 0.1) is 6.92 Å². The van der Waals surface area contributed by atoms with Crippen molar-refractivity contribution < 1.29 is 4.74 Å². The van der Waals surface area contributed by atoms with Crippen LogP contribution in [0.5, 0.6) is 0 Å². The number of ether oxygens (including phenoxy) is 1. The van der Waals surface area contributed by atoms with Gasteiger partial charge in [-0.1, -0.05) is 49.1 Å². The monoisotopic (exact) mass is 259 g/mol. The summed E-state index contributed by atoms with van der Waals surface area (Å²) in [6.07, 6.45) is 6.64. The first-order valence-electron chi connectivity index (χ1n) is 7.66. The summed E-state index contributed by atoms with van der Waals surface area (Å²) in [7, 11) is 0. The molecule has 1 aliphatic carbocycles. The number of hydrogen-bond acceptors (Lipinski definition) is 2. The molecule has 1 aromatic carbocycles. The molecule has 0 amide bonds. The van der Waals surface area contributed by atoms with Crippen LogP contribution in [-0.4, -0.2) is 18.2 Å². The molecule has 1 heterocycles. The van der Waals surface area contributed by atoms with Gasteiger partial charge in [0.05, 0.1) is 11.7 Å². The molecule has 104 valence electrons. The van der Waals surface area contributed by atoms with Crippen LogP contribution in [0.2, 0.25) is 0 Å². The summed E-state index contributed by atoms with van der Waals surface area (Å²) < 4.78 is 6.59. The fraction of sp³-hybridized carbons (Fsp3) is 0.647. The van der Waals surface area contributed by atoms with Crippen molar-refractivity contribution in [1.82, 2.24) is 5.32 Å². The zero-order chi connectivity index (χ0) is 13.3. The molecule has 2 unspecified atom stereocenters. The van der Waals surface area contributed by atoms with Crippen molar-refractivity contribution in [3.05, 3.63) is 35.4 Å². The van der Waals surface area contributed by atoms with Gasteiger partial charge >= 0.3 is 0 Å². The van der Waals surface area contributed by atoms with Gasteiger partial charge in [0.25, 0.3) is 0 Å². The minimum absolute atomic E-state index is 0.0975. The lowest BCUT2D eigenvalue weighted by atomic mass is 9.82. The highest BCUT2D eigenvalue weighted by molar-refractivity contribution is 5.25. The van der Waals surface area contributed by atoms with Gasteiger partial charge in [-0.05, 0) is 32.3 Å². The van der Waals surface area contributed by atoms with Gasteiger partial charge in [-0.3, -0.25) is 0 Å². The summed E-state index contributed by atoms with van der Waals surface area (Å²) >= 11 is 0. The maximum absolute atomic E-state index is 6.59. The predicted molar refractivity (Wildman–Crippen MR) is 78.3 cm³/mol. The molecule has 1 spiro atoms. The van der Waals surface area contributed by atoms with E-state index in [4.69, 9.17) is 4.74 Å². The van der Waals surface area contributed by atoms with E-state index in [2.05, 4.69) is 43.4 Å². The summed E-state index contributed by atoms with van der Waals surface area (Å²) in [5.41, 5.74) is 2.73. The molecular weight excluding hydrogens is 234 g/mol. The summed E-state index contributed by atoms with van der Waals surface area (Å²) in [4.78, 5) is 0. The van der Waals surface area contributed by atoms with Crippen molar-refractivity contribution in [2.24, 2.45) is 0 Å². The zero-order valence-corrected chi connectivity index (χ0v) is 12.1. The first kappa shape index (κ1) is 13.1.